The Kier molecular flexibility index (Phi) is 8.83. The Morgan fingerprint density at radius 3 is 1.57 bits per heavy atom. The molecular weight excluding hydrogens is 380 g/mol. The van der Waals surface area contributed by atoms with Gasteiger partial charge in [0.1, 0.15) is 19.3 Å². The highest BCUT2D eigenvalue weighted by Crippen LogP contribution is 2.32. The van der Waals surface area contributed by atoms with Gasteiger partial charge in [-0.2, -0.15) is 0 Å². The molecule has 11 nitrogen and oxygen atoms in total. The fourth-order valence-corrected chi connectivity index (χ4v) is 2.64. The van der Waals surface area contributed by atoms with E-state index in [0.717, 1.165) is 20.8 Å². The summed E-state index contributed by atoms with van der Waals surface area (Å²) in [5.74, 6) is -4.39. The van der Waals surface area contributed by atoms with Crippen molar-refractivity contribution >= 4 is 29.8 Å². The van der Waals surface area contributed by atoms with Crippen molar-refractivity contribution < 1.29 is 52.4 Å². The summed E-state index contributed by atoms with van der Waals surface area (Å²) in [6.45, 7) is 5.02. The van der Waals surface area contributed by atoms with E-state index in [1.807, 2.05) is 0 Å². The van der Waals surface area contributed by atoms with Crippen molar-refractivity contribution in [2.45, 2.75) is 59.2 Å². The third-order valence-electron chi connectivity index (χ3n) is 3.59. The number of hydrogen-bond donors (Lipinski definition) is 0. The molecule has 0 spiro atoms. The van der Waals surface area contributed by atoms with Crippen LogP contribution in [-0.2, 0) is 52.4 Å². The molecule has 0 aromatic rings. The van der Waals surface area contributed by atoms with Crippen LogP contribution in [0.25, 0.3) is 0 Å². The molecule has 1 aliphatic rings. The highest BCUT2D eigenvalue weighted by atomic mass is 16.7. The second-order valence-electron chi connectivity index (χ2n) is 6.07. The first-order valence-corrected chi connectivity index (χ1v) is 8.45. The van der Waals surface area contributed by atoms with Crippen molar-refractivity contribution in [1.29, 1.82) is 0 Å². The molecule has 158 valence electrons. The second-order valence-corrected chi connectivity index (χ2v) is 6.07. The fraction of sp³-hybridized carbons (Fsp3) is 0.706. The largest absolute Gasteiger partial charge is 0.465 e. The molecule has 28 heavy (non-hydrogen) atoms. The van der Waals surface area contributed by atoms with E-state index in [0.29, 0.717) is 0 Å². The van der Waals surface area contributed by atoms with Crippen LogP contribution in [0.2, 0.25) is 0 Å². The molecule has 0 bridgehead atoms. The molecule has 11 heteroatoms. The molecule has 0 radical (unpaired) electrons. The van der Waals surface area contributed by atoms with E-state index < -0.39 is 60.4 Å². The van der Waals surface area contributed by atoms with Gasteiger partial charge in [-0.3, -0.25) is 24.0 Å². The summed E-state index contributed by atoms with van der Waals surface area (Å²) >= 11 is 0. The van der Waals surface area contributed by atoms with Gasteiger partial charge in [0, 0.05) is 34.6 Å². The van der Waals surface area contributed by atoms with Gasteiger partial charge in [0.15, 0.2) is 12.2 Å². The van der Waals surface area contributed by atoms with E-state index in [-0.39, 0.29) is 13.2 Å². The van der Waals surface area contributed by atoms with Gasteiger partial charge in [-0.15, -0.1) is 0 Å². The van der Waals surface area contributed by atoms with Gasteiger partial charge in [-0.05, 0) is 0 Å². The highest BCUT2D eigenvalue weighted by molar-refractivity contribution is 5.68. The maximum atomic E-state index is 11.6. The Labute approximate surface area is 161 Å². The van der Waals surface area contributed by atoms with Crippen LogP contribution in [0.5, 0.6) is 0 Å². The molecule has 5 atom stereocenters. The molecule has 0 aliphatic carbocycles. The first-order valence-electron chi connectivity index (χ1n) is 8.45. The number of carbonyl (C=O) groups excluding carboxylic acids is 5. The molecule has 1 aliphatic heterocycles. The maximum absolute atomic E-state index is 11.6. The Morgan fingerprint density at radius 2 is 1.11 bits per heavy atom. The third-order valence-corrected chi connectivity index (χ3v) is 3.59. The lowest BCUT2D eigenvalue weighted by molar-refractivity contribution is -0.288. The van der Waals surface area contributed by atoms with Crippen LogP contribution in [0.3, 0.4) is 0 Å². The quantitative estimate of drug-likeness (QED) is 0.414. The van der Waals surface area contributed by atoms with Crippen molar-refractivity contribution in [3.63, 3.8) is 0 Å². The van der Waals surface area contributed by atoms with Gasteiger partial charge in [0.25, 0.3) is 0 Å². The summed E-state index contributed by atoms with van der Waals surface area (Å²) in [4.78, 5) is 57.0. The first kappa shape index (κ1) is 23.3. The predicted octanol–water partition coefficient (Wildman–Crippen LogP) is -0.120. The van der Waals surface area contributed by atoms with Crippen molar-refractivity contribution in [3.05, 3.63) is 0 Å². The van der Waals surface area contributed by atoms with Crippen LogP contribution >= 0.6 is 0 Å². The molecule has 5 unspecified atom stereocenters. The SMILES string of the molecule is CC(=O)OCC1OC(OC(C)=O)C(COC(C)=O)C(OC(C)=O)C1OC(C)=O. The zero-order valence-electron chi connectivity index (χ0n) is 16.3. The average molecular weight is 404 g/mol. The lowest BCUT2D eigenvalue weighted by Gasteiger charge is -2.44. The molecule has 0 saturated carbocycles. The minimum Gasteiger partial charge on any atom is -0.465 e. The van der Waals surface area contributed by atoms with Gasteiger partial charge in [0.2, 0.25) is 6.29 Å². The van der Waals surface area contributed by atoms with Gasteiger partial charge in [-0.1, -0.05) is 0 Å². The van der Waals surface area contributed by atoms with Gasteiger partial charge >= 0.3 is 29.8 Å². The van der Waals surface area contributed by atoms with Crippen molar-refractivity contribution in [3.8, 4) is 0 Å². The van der Waals surface area contributed by atoms with E-state index >= 15 is 0 Å². The number of esters is 5. The monoisotopic (exact) mass is 404 g/mol. The van der Waals surface area contributed by atoms with E-state index in [1.165, 1.54) is 13.8 Å². The van der Waals surface area contributed by atoms with Crippen LogP contribution in [0.4, 0.5) is 0 Å². The topological polar surface area (TPSA) is 141 Å². The van der Waals surface area contributed by atoms with E-state index in [9.17, 15) is 24.0 Å². The van der Waals surface area contributed by atoms with E-state index in [1.54, 1.807) is 0 Å². The molecule has 0 amide bonds. The van der Waals surface area contributed by atoms with Crippen LogP contribution in [0, 0.1) is 5.92 Å². The van der Waals surface area contributed by atoms with Crippen LogP contribution in [0.1, 0.15) is 34.6 Å². The van der Waals surface area contributed by atoms with Crippen LogP contribution < -0.4 is 0 Å². The number of hydrogen-bond acceptors (Lipinski definition) is 11. The van der Waals surface area contributed by atoms with Crippen molar-refractivity contribution in [1.82, 2.24) is 0 Å². The Bertz CT molecular complexity index is 614. The van der Waals surface area contributed by atoms with E-state index in [2.05, 4.69) is 0 Å². The molecule has 0 N–H and O–H groups in total. The normalized spacial score (nSPS) is 26.5. The number of ether oxygens (including phenoxy) is 6. The molecule has 1 heterocycles. The highest BCUT2D eigenvalue weighted by Gasteiger charge is 2.52. The molecule has 0 aromatic carbocycles. The Balaban J connectivity index is 3.27. The number of rotatable bonds is 7. The molecular formula is C17H24O11. The summed E-state index contributed by atoms with van der Waals surface area (Å²) in [6, 6.07) is 0. The molecule has 1 fully saturated rings. The van der Waals surface area contributed by atoms with Crippen LogP contribution in [-0.4, -0.2) is 67.7 Å². The smallest absolute Gasteiger partial charge is 0.304 e. The van der Waals surface area contributed by atoms with Crippen molar-refractivity contribution in [2.24, 2.45) is 5.92 Å². The standard InChI is InChI=1S/C17H24O11/c1-8(18)23-6-13-15(25-10(3)20)16(26-11(4)21)14(7-24-9(2)19)28-17(13)27-12(5)22/h13-17H,6-7H2,1-5H3. The van der Waals surface area contributed by atoms with Crippen LogP contribution in [0.15, 0.2) is 0 Å². The summed E-state index contributed by atoms with van der Waals surface area (Å²) in [6.07, 6.45) is -4.81. The molecule has 1 saturated heterocycles. The summed E-state index contributed by atoms with van der Waals surface area (Å²) in [7, 11) is 0. The zero-order valence-corrected chi connectivity index (χ0v) is 16.3. The number of carbonyl (C=O) groups is 5. The average Bonchev–Trinajstić information content (AvgIpc) is 2.53. The van der Waals surface area contributed by atoms with Gasteiger partial charge in [-0.25, -0.2) is 0 Å². The third kappa shape index (κ3) is 7.51. The lowest BCUT2D eigenvalue weighted by atomic mass is 9.90. The summed E-state index contributed by atoms with van der Waals surface area (Å²) < 4.78 is 31.1. The predicted molar refractivity (Wildman–Crippen MR) is 88.3 cm³/mol. The maximum Gasteiger partial charge on any atom is 0.304 e. The zero-order chi connectivity index (χ0) is 21.4. The fourth-order valence-electron chi connectivity index (χ4n) is 2.64. The lowest BCUT2D eigenvalue weighted by Crippen LogP contribution is -2.60. The summed E-state index contributed by atoms with van der Waals surface area (Å²) in [5, 5.41) is 0. The van der Waals surface area contributed by atoms with Gasteiger partial charge in [0.05, 0.1) is 5.92 Å². The minimum absolute atomic E-state index is 0.344. The van der Waals surface area contributed by atoms with Crippen molar-refractivity contribution in [2.75, 3.05) is 13.2 Å². The van der Waals surface area contributed by atoms with E-state index in [4.69, 9.17) is 28.4 Å². The Hall–Kier alpha value is -2.69. The Morgan fingerprint density at radius 1 is 0.643 bits per heavy atom. The summed E-state index contributed by atoms with van der Waals surface area (Å²) in [5.41, 5.74) is 0. The molecule has 1 rings (SSSR count). The molecule has 0 aromatic heterocycles. The minimum atomic E-state index is -1.31. The first-order chi connectivity index (χ1) is 13.0. The second kappa shape index (κ2) is 10.6. The van der Waals surface area contributed by atoms with Gasteiger partial charge < -0.3 is 28.4 Å².